The second-order valence-electron chi connectivity index (χ2n) is 7.05. The van der Waals surface area contributed by atoms with Gasteiger partial charge < -0.3 is 18.9 Å². The fourth-order valence-electron chi connectivity index (χ4n) is 3.13. The molecule has 1 amide bonds. The highest BCUT2D eigenvalue weighted by atomic mass is 32.2. The number of thiocarbonyl (C=S) groups is 1. The molecule has 0 spiro atoms. The fraction of sp³-hybridized carbons (Fsp3) is 0.280. The number of allylic oxidation sites excluding steroid dienone is 1. The SMILES string of the molecule is C=CCc1ccc(OCCOc2ccc(C=C3SC(=S)N(C)C3=O)cc2OCC)c(OC)c1. The standard InChI is InChI=1S/C25H27NO5S2/c1-5-7-17-8-10-19(21(14-17)28-4)30-12-13-31-20-11-9-18(15-22(20)29-6-2)16-23-24(27)26(3)25(32)33-23/h5,8-11,14-16H,1,6-7,12-13H2,2-4H3. The summed E-state index contributed by atoms with van der Waals surface area (Å²) in [4.78, 5) is 14.3. The molecule has 0 N–H and O–H groups in total. The van der Waals surface area contributed by atoms with Crippen LogP contribution in [-0.4, -0.2) is 49.1 Å². The summed E-state index contributed by atoms with van der Waals surface area (Å²) in [6, 6.07) is 11.4. The van der Waals surface area contributed by atoms with Gasteiger partial charge in [-0.05, 0) is 54.8 Å². The molecule has 0 saturated carbocycles. The zero-order valence-electron chi connectivity index (χ0n) is 19.0. The number of likely N-dealkylation sites (N-methyl/N-ethyl adjacent to an activating group) is 1. The third kappa shape index (κ3) is 6.30. The van der Waals surface area contributed by atoms with Crippen molar-refractivity contribution < 1.29 is 23.7 Å². The largest absolute Gasteiger partial charge is 0.493 e. The molecule has 1 fully saturated rings. The van der Waals surface area contributed by atoms with E-state index in [4.69, 9.17) is 31.2 Å². The van der Waals surface area contributed by atoms with Gasteiger partial charge in [0.1, 0.15) is 17.5 Å². The highest BCUT2D eigenvalue weighted by molar-refractivity contribution is 8.26. The molecular formula is C25H27NO5S2. The van der Waals surface area contributed by atoms with E-state index in [-0.39, 0.29) is 5.91 Å². The van der Waals surface area contributed by atoms with Crippen LogP contribution in [0.25, 0.3) is 6.08 Å². The predicted molar refractivity (Wildman–Crippen MR) is 136 cm³/mol. The molecule has 1 aliphatic rings. The summed E-state index contributed by atoms with van der Waals surface area (Å²) in [5, 5.41) is 0. The molecule has 0 radical (unpaired) electrons. The first-order chi connectivity index (χ1) is 16.0. The number of carbonyl (C=O) groups excluding carboxylic acids is 1. The van der Waals surface area contributed by atoms with Gasteiger partial charge in [-0.1, -0.05) is 42.2 Å². The van der Waals surface area contributed by atoms with Gasteiger partial charge in [-0.2, -0.15) is 0 Å². The van der Waals surface area contributed by atoms with Crippen LogP contribution >= 0.6 is 24.0 Å². The second kappa shape index (κ2) is 11.8. The molecule has 8 heteroatoms. The molecule has 2 aromatic rings. The van der Waals surface area contributed by atoms with Crippen LogP contribution in [0, 0.1) is 0 Å². The molecule has 33 heavy (non-hydrogen) atoms. The molecule has 0 aromatic heterocycles. The molecule has 1 aliphatic heterocycles. The van der Waals surface area contributed by atoms with Crippen molar-refractivity contribution in [1.29, 1.82) is 0 Å². The molecule has 6 nitrogen and oxygen atoms in total. The van der Waals surface area contributed by atoms with Crippen molar-refractivity contribution in [3.8, 4) is 23.0 Å². The normalized spacial score (nSPS) is 14.5. The van der Waals surface area contributed by atoms with E-state index in [2.05, 4.69) is 6.58 Å². The number of hydrogen-bond acceptors (Lipinski definition) is 7. The Labute approximate surface area is 204 Å². The van der Waals surface area contributed by atoms with Gasteiger partial charge in [-0.3, -0.25) is 9.69 Å². The van der Waals surface area contributed by atoms with E-state index in [1.54, 1.807) is 20.2 Å². The van der Waals surface area contributed by atoms with Gasteiger partial charge in [0.05, 0.1) is 18.6 Å². The highest BCUT2D eigenvalue weighted by Crippen LogP contribution is 2.34. The van der Waals surface area contributed by atoms with E-state index < -0.39 is 0 Å². The third-order valence-electron chi connectivity index (χ3n) is 4.76. The van der Waals surface area contributed by atoms with Crippen LogP contribution in [0.2, 0.25) is 0 Å². The lowest BCUT2D eigenvalue weighted by Gasteiger charge is -2.14. The summed E-state index contributed by atoms with van der Waals surface area (Å²) >= 11 is 6.47. The lowest BCUT2D eigenvalue weighted by atomic mass is 10.1. The predicted octanol–water partition coefficient (Wildman–Crippen LogP) is 5.11. The molecule has 1 heterocycles. The van der Waals surface area contributed by atoms with Gasteiger partial charge in [0.25, 0.3) is 5.91 Å². The lowest BCUT2D eigenvalue weighted by molar-refractivity contribution is -0.121. The summed E-state index contributed by atoms with van der Waals surface area (Å²) in [6.07, 6.45) is 4.42. The Morgan fingerprint density at radius 2 is 1.73 bits per heavy atom. The summed E-state index contributed by atoms with van der Waals surface area (Å²) in [7, 11) is 3.29. The minimum atomic E-state index is -0.103. The minimum Gasteiger partial charge on any atom is -0.493 e. The summed E-state index contributed by atoms with van der Waals surface area (Å²) in [5.41, 5.74) is 1.94. The van der Waals surface area contributed by atoms with Crippen molar-refractivity contribution in [3.63, 3.8) is 0 Å². The number of nitrogens with zero attached hydrogens (tertiary/aromatic N) is 1. The molecule has 174 valence electrons. The van der Waals surface area contributed by atoms with Crippen molar-refractivity contribution in [1.82, 2.24) is 4.90 Å². The first-order valence-corrected chi connectivity index (χ1v) is 11.7. The van der Waals surface area contributed by atoms with Crippen molar-refractivity contribution in [2.45, 2.75) is 13.3 Å². The lowest BCUT2D eigenvalue weighted by Crippen LogP contribution is -2.22. The topological polar surface area (TPSA) is 57.2 Å². The van der Waals surface area contributed by atoms with Gasteiger partial charge in [-0.25, -0.2) is 0 Å². The first kappa shape index (κ1) is 24.7. The van der Waals surface area contributed by atoms with Crippen LogP contribution in [-0.2, 0) is 11.2 Å². The number of amides is 1. The van der Waals surface area contributed by atoms with Gasteiger partial charge in [-0.15, -0.1) is 6.58 Å². The van der Waals surface area contributed by atoms with Crippen molar-refractivity contribution in [2.24, 2.45) is 0 Å². The van der Waals surface area contributed by atoms with Crippen LogP contribution < -0.4 is 18.9 Å². The summed E-state index contributed by atoms with van der Waals surface area (Å²) in [6.45, 7) is 6.81. The first-order valence-electron chi connectivity index (χ1n) is 10.5. The van der Waals surface area contributed by atoms with Crippen LogP contribution in [0.15, 0.2) is 54.0 Å². The van der Waals surface area contributed by atoms with E-state index in [1.165, 1.54) is 16.7 Å². The van der Waals surface area contributed by atoms with Gasteiger partial charge >= 0.3 is 0 Å². The quantitative estimate of drug-likeness (QED) is 0.190. The number of benzene rings is 2. The molecule has 0 bridgehead atoms. The number of rotatable bonds is 11. The smallest absolute Gasteiger partial charge is 0.265 e. The zero-order chi connectivity index (χ0) is 23.8. The summed E-state index contributed by atoms with van der Waals surface area (Å²) < 4.78 is 23.5. The number of ether oxygens (including phenoxy) is 4. The fourth-order valence-corrected chi connectivity index (χ4v) is 4.31. The number of methoxy groups -OCH3 is 1. The van der Waals surface area contributed by atoms with Gasteiger partial charge in [0, 0.05) is 7.05 Å². The molecule has 0 atom stereocenters. The van der Waals surface area contributed by atoms with Crippen molar-refractivity contribution >= 4 is 40.3 Å². The molecule has 0 unspecified atom stereocenters. The zero-order valence-corrected chi connectivity index (χ0v) is 20.6. The Bertz CT molecular complexity index is 1070. The van der Waals surface area contributed by atoms with Crippen LogP contribution in [0.1, 0.15) is 18.1 Å². The number of thioether (sulfide) groups is 1. The second-order valence-corrected chi connectivity index (χ2v) is 8.73. The molecule has 0 aliphatic carbocycles. The Balaban J connectivity index is 1.64. The van der Waals surface area contributed by atoms with E-state index in [1.807, 2.05) is 49.4 Å². The van der Waals surface area contributed by atoms with Crippen LogP contribution in [0.3, 0.4) is 0 Å². The average molecular weight is 486 g/mol. The number of hydrogen-bond donors (Lipinski definition) is 0. The maximum Gasteiger partial charge on any atom is 0.265 e. The maximum atomic E-state index is 12.3. The van der Waals surface area contributed by atoms with E-state index in [0.717, 1.165) is 17.5 Å². The third-order valence-corrected chi connectivity index (χ3v) is 6.24. The Kier molecular flexibility index (Phi) is 8.79. The molecule has 1 saturated heterocycles. The molecule has 3 rings (SSSR count). The molecular weight excluding hydrogens is 458 g/mol. The van der Waals surface area contributed by atoms with Gasteiger partial charge in [0.2, 0.25) is 0 Å². The van der Waals surface area contributed by atoms with E-state index >= 15 is 0 Å². The minimum absolute atomic E-state index is 0.103. The van der Waals surface area contributed by atoms with Crippen molar-refractivity contribution in [3.05, 3.63) is 65.1 Å². The van der Waals surface area contributed by atoms with Crippen LogP contribution in [0.4, 0.5) is 0 Å². The van der Waals surface area contributed by atoms with E-state index in [0.29, 0.717) is 52.0 Å². The summed E-state index contributed by atoms with van der Waals surface area (Å²) in [5.74, 6) is 2.43. The maximum absolute atomic E-state index is 12.3. The van der Waals surface area contributed by atoms with Gasteiger partial charge in [0.15, 0.2) is 23.0 Å². The monoisotopic (exact) mass is 485 g/mol. The van der Waals surface area contributed by atoms with Crippen molar-refractivity contribution in [2.75, 3.05) is 34.0 Å². The Hall–Kier alpha value is -2.97. The Morgan fingerprint density at radius 1 is 1.03 bits per heavy atom. The Morgan fingerprint density at radius 3 is 2.33 bits per heavy atom. The highest BCUT2D eigenvalue weighted by Gasteiger charge is 2.28. The average Bonchev–Trinajstić information content (AvgIpc) is 3.05. The van der Waals surface area contributed by atoms with Crippen LogP contribution in [0.5, 0.6) is 23.0 Å². The number of carbonyl (C=O) groups is 1. The molecule has 2 aromatic carbocycles. The van der Waals surface area contributed by atoms with E-state index in [9.17, 15) is 4.79 Å².